The molecule has 0 bridgehead atoms. The zero-order valence-electron chi connectivity index (χ0n) is 23.2. The van der Waals surface area contributed by atoms with Gasteiger partial charge in [-0.1, -0.05) is 48.0 Å². The van der Waals surface area contributed by atoms with Crippen molar-refractivity contribution in [2.45, 2.75) is 20.4 Å². The summed E-state index contributed by atoms with van der Waals surface area (Å²) in [5, 5.41) is 14.7. The Kier molecular flexibility index (Phi) is 7.53. The van der Waals surface area contributed by atoms with Gasteiger partial charge in [0.2, 0.25) is 0 Å². The number of carbonyl (C=O) groups excluding carboxylic acids is 2. The Balaban J connectivity index is 1.66. The fourth-order valence-electron chi connectivity index (χ4n) is 4.72. The van der Waals surface area contributed by atoms with Crippen LogP contribution < -0.4 is 9.47 Å². The third-order valence-corrected chi connectivity index (χ3v) is 7.01. The number of nitriles is 1. The normalized spacial score (nSPS) is 14.4. The lowest BCUT2D eigenvalue weighted by atomic mass is 9.93. The van der Waals surface area contributed by atoms with Crippen LogP contribution in [-0.2, 0) is 16.1 Å². The summed E-state index contributed by atoms with van der Waals surface area (Å²) in [6.07, 6.45) is 3.52. The smallest absolute Gasteiger partial charge is 0.271 e. The van der Waals surface area contributed by atoms with Gasteiger partial charge in [0, 0.05) is 22.9 Å². The van der Waals surface area contributed by atoms with Crippen molar-refractivity contribution in [3.8, 4) is 34.5 Å². The van der Waals surface area contributed by atoms with Crippen LogP contribution in [0, 0.1) is 18.3 Å². The lowest BCUT2D eigenvalue weighted by Gasteiger charge is -2.27. The molecule has 0 saturated carbocycles. The molecular weight excluding hydrogens is 516 g/mol. The van der Waals surface area contributed by atoms with Crippen LogP contribution in [0.4, 0.5) is 0 Å². The number of hydrogen-bond acceptors (Lipinski definition) is 6. The lowest BCUT2D eigenvalue weighted by Crippen LogP contribution is -2.42. The molecule has 2 heterocycles. The maximum absolute atomic E-state index is 13.8. The number of benzene rings is 3. The minimum absolute atomic E-state index is 0.0551. The molecule has 5 rings (SSSR count). The van der Waals surface area contributed by atoms with E-state index in [4.69, 9.17) is 14.6 Å². The van der Waals surface area contributed by atoms with Gasteiger partial charge in [-0.2, -0.15) is 10.4 Å². The standard InChI is InChI=1S/C33H28N4O4/c1-21-10-12-23(13-11-21)19-36-32(38)27(22(2)28(18-34)33(36)39)16-25-20-37(26-8-6-5-7-9-26)35-31(25)24-14-15-29(40-3)30(17-24)41-4/h5-17,20H,19H2,1-4H3/b27-16+. The molecule has 2 amide bonds. The van der Waals surface area contributed by atoms with Gasteiger partial charge in [-0.3, -0.25) is 14.5 Å². The quantitative estimate of drug-likeness (QED) is 0.220. The van der Waals surface area contributed by atoms with E-state index in [0.717, 1.165) is 27.3 Å². The monoisotopic (exact) mass is 544 g/mol. The van der Waals surface area contributed by atoms with Crippen molar-refractivity contribution in [3.05, 3.63) is 112 Å². The zero-order chi connectivity index (χ0) is 29.1. The number of nitrogens with zero attached hydrogens (tertiary/aromatic N) is 4. The van der Waals surface area contributed by atoms with Gasteiger partial charge in [0.25, 0.3) is 11.8 Å². The van der Waals surface area contributed by atoms with E-state index in [-0.39, 0.29) is 17.7 Å². The molecule has 0 fully saturated rings. The number of hydrogen-bond donors (Lipinski definition) is 0. The fourth-order valence-corrected chi connectivity index (χ4v) is 4.72. The van der Waals surface area contributed by atoms with E-state index in [1.807, 2.05) is 85.9 Å². The summed E-state index contributed by atoms with van der Waals surface area (Å²) in [6, 6.07) is 24.7. The van der Waals surface area contributed by atoms with Crippen LogP contribution in [0.1, 0.15) is 23.6 Å². The van der Waals surface area contributed by atoms with Gasteiger partial charge in [0.05, 0.1) is 26.5 Å². The first-order valence-electron chi connectivity index (χ1n) is 13.0. The van der Waals surface area contributed by atoms with Crippen LogP contribution in [0.3, 0.4) is 0 Å². The van der Waals surface area contributed by atoms with Gasteiger partial charge in [0.1, 0.15) is 17.3 Å². The highest BCUT2D eigenvalue weighted by Gasteiger charge is 2.35. The summed E-state index contributed by atoms with van der Waals surface area (Å²) in [7, 11) is 3.13. The molecule has 1 aromatic heterocycles. The van der Waals surface area contributed by atoms with E-state index >= 15 is 0 Å². The molecule has 1 aliphatic heterocycles. The molecule has 0 aliphatic carbocycles. The summed E-state index contributed by atoms with van der Waals surface area (Å²) in [6.45, 7) is 3.65. The Labute approximate surface area is 238 Å². The van der Waals surface area contributed by atoms with Gasteiger partial charge < -0.3 is 9.47 Å². The van der Waals surface area contributed by atoms with Crippen molar-refractivity contribution < 1.29 is 19.1 Å². The van der Waals surface area contributed by atoms with E-state index in [0.29, 0.717) is 28.3 Å². The summed E-state index contributed by atoms with van der Waals surface area (Å²) in [5.41, 5.74) is 5.15. The Morgan fingerprint density at radius 3 is 2.27 bits per heavy atom. The molecule has 8 nitrogen and oxygen atoms in total. The molecule has 0 N–H and O–H groups in total. The topological polar surface area (TPSA) is 97.5 Å². The number of methoxy groups -OCH3 is 2. The molecular formula is C33H28N4O4. The highest BCUT2D eigenvalue weighted by molar-refractivity contribution is 6.19. The second kappa shape index (κ2) is 11.4. The first-order valence-corrected chi connectivity index (χ1v) is 13.0. The van der Waals surface area contributed by atoms with Crippen molar-refractivity contribution in [1.29, 1.82) is 5.26 Å². The maximum atomic E-state index is 13.8. The van der Waals surface area contributed by atoms with Gasteiger partial charge >= 0.3 is 0 Å². The van der Waals surface area contributed by atoms with Crippen LogP contribution in [0.5, 0.6) is 11.5 Å². The molecule has 1 aliphatic rings. The van der Waals surface area contributed by atoms with E-state index in [9.17, 15) is 14.9 Å². The molecule has 0 unspecified atom stereocenters. The number of ether oxygens (including phenoxy) is 2. The number of rotatable bonds is 7. The summed E-state index contributed by atoms with van der Waals surface area (Å²) < 4.78 is 12.6. The summed E-state index contributed by atoms with van der Waals surface area (Å²) in [4.78, 5) is 28.2. The molecule has 0 saturated heterocycles. The average molecular weight is 545 g/mol. The minimum Gasteiger partial charge on any atom is -0.493 e. The Bertz CT molecular complexity index is 1740. The first kappa shape index (κ1) is 27.2. The van der Waals surface area contributed by atoms with Gasteiger partial charge in [-0.05, 0) is 61.4 Å². The van der Waals surface area contributed by atoms with Crippen LogP contribution >= 0.6 is 0 Å². The second-order valence-corrected chi connectivity index (χ2v) is 9.63. The van der Waals surface area contributed by atoms with E-state index in [2.05, 4.69) is 0 Å². The number of para-hydroxylation sites is 1. The average Bonchev–Trinajstić information content (AvgIpc) is 3.42. The number of imide groups is 1. The minimum atomic E-state index is -0.604. The number of aryl methyl sites for hydroxylation is 1. The third-order valence-electron chi connectivity index (χ3n) is 7.01. The Morgan fingerprint density at radius 2 is 1.61 bits per heavy atom. The van der Waals surface area contributed by atoms with Crippen LogP contribution in [-0.4, -0.2) is 40.7 Å². The molecule has 3 aromatic carbocycles. The van der Waals surface area contributed by atoms with Crippen LogP contribution in [0.2, 0.25) is 0 Å². The lowest BCUT2D eigenvalue weighted by molar-refractivity contribution is -0.141. The van der Waals surface area contributed by atoms with Crippen molar-refractivity contribution in [2.24, 2.45) is 0 Å². The molecule has 0 spiro atoms. The van der Waals surface area contributed by atoms with Gasteiger partial charge in [-0.15, -0.1) is 0 Å². The van der Waals surface area contributed by atoms with Crippen molar-refractivity contribution in [3.63, 3.8) is 0 Å². The number of amides is 2. The summed E-state index contributed by atoms with van der Waals surface area (Å²) in [5.74, 6) is 0.0266. The Morgan fingerprint density at radius 1 is 0.902 bits per heavy atom. The summed E-state index contributed by atoms with van der Waals surface area (Å²) >= 11 is 0. The van der Waals surface area contributed by atoms with Crippen molar-refractivity contribution in [1.82, 2.24) is 14.7 Å². The van der Waals surface area contributed by atoms with Crippen molar-refractivity contribution >= 4 is 17.9 Å². The van der Waals surface area contributed by atoms with E-state index < -0.39 is 11.8 Å². The molecule has 41 heavy (non-hydrogen) atoms. The van der Waals surface area contributed by atoms with Crippen molar-refractivity contribution in [2.75, 3.05) is 14.2 Å². The predicted octanol–water partition coefficient (Wildman–Crippen LogP) is 5.66. The van der Waals surface area contributed by atoms with E-state index in [1.54, 1.807) is 38.0 Å². The molecule has 8 heteroatoms. The van der Waals surface area contributed by atoms with Crippen LogP contribution in [0.25, 0.3) is 23.0 Å². The Hall–Kier alpha value is -5.42. The number of carbonyl (C=O) groups is 2. The molecule has 0 atom stereocenters. The van der Waals surface area contributed by atoms with Crippen LogP contribution in [0.15, 0.2) is 95.7 Å². The molecule has 4 aromatic rings. The van der Waals surface area contributed by atoms with Gasteiger partial charge in [-0.25, -0.2) is 4.68 Å². The first-order chi connectivity index (χ1) is 19.8. The molecule has 204 valence electrons. The largest absolute Gasteiger partial charge is 0.493 e. The zero-order valence-corrected chi connectivity index (χ0v) is 23.2. The third kappa shape index (κ3) is 5.25. The highest BCUT2D eigenvalue weighted by Crippen LogP contribution is 2.35. The predicted molar refractivity (Wildman–Crippen MR) is 155 cm³/mol. The highest BCUT2D eigenvalue weighted by atomic mass is 16.5. The second-order valence-electron chi connectivity index (χ2n) is 9.63. The fraction of sp³-hybridized carbons (Fsp3) is 0.152. The van der Waals surface area contributed by atoms with E-state index in [1.165, 1.54) is 0 Å². The SMILES string of the molecule is COc1ccc(-c2nn(-c3ccccc3)cc2/C=C2/C(=O)N(Cc3ccc(C)cc3)C(=O)C(C#N)=C2C)cc1OC. The van der Waals surface area contributed by atoms with Gasteiger partial charge in [0.15, 0.2) is 11.5 Å². The molecule has 0 radical (unpaired) electrons. The number of aromatic nitrogens is 2. The maximum Gasteiger partial charge on any atom is 0.271 e.